The summed E-state index contributed by atoms with van der Waals surface area (Å²) in [7, 11) is 1.99. The van der Waals surface area contributed by atoms with Crippen LogP contribution in [-0.2, 0) is 9.59 Å². The third-order valence-corrected chi connectivity index (χ3v) is 6.48. The molecule has 30 heavy (non-hydrogen) atoms. The molecule has 0 bridgehead atoms. The molecular formula is C24H28ClNO4. The SMILES string of the molecule is CCOc1cc(C2C3=C(CCCC3=O)N(C)C3=C2C(=O)CCC3)cc(Cl)c1OCC. The maximum atomic E-state index is 13.1. The van der Waals surface area contributed by atoms with Crippen molar-refractivity contribution in [3.05, 3.63) is 45.3 Å². The first-order valence-electron chi connectivity index (χ1n) is 10.8. The van der Waals surface area contributed by atoms with Crippen molar-refractivity contribution in [2.24, 2.45) is 0 Å². The van der Waals surface area contributed by atoms with Gasteiger partial charge < -0.3 is 14.4 Å². The van der Waals surface area contributed by atoms with Crippen LogP contribution >= 0.6 is 11.6 Å². The van der Waals surface area contributed by atoms with Crippen LogP contribution in [0, 0.1) is 0 Å². The van der Waals surface area contributed by atoms with E-state index in [0.29, 0.717) is 42.6 Å². The standard InChI is InChI=1S/C24H28ClNO4/c1-4-29-20-13-14(12-15(25)24(20)30-5-2)21-22-16(8-6-10-18(22)27)26(3)17-9-7-11-19(28)23(17)21/h12-13,21H,4-11H2,1-3H3. The minimum Gasteiger partial charge on any atom is -0.490 e. The van der Waals surface area contributed by atoms with E-state index in [4.69, 9.17) is 21.1 Å². The number of nitrogens with zero attached hydrogens (tertiary/aromatic N) is 1. The van der Waals surface area contributed by atoms with Crippen LogP contribution in [0.5, 0.6) is 11.5 Å². The number of benzene rings is 1. The van der Waals surface area contributed by atoms with Crippen molar-refractivity contribution in [2.45, 2.75) is 58.3 Å². The Hall–Kier alpha value is -2.27. The molecule has 0 radical (unpaired) electrons. The highest BCUT2D eigenvalue weighted by Gasteiger charge is 2.42. The Balaban J connectivity index is 1.94. The molecule has 4 rings (SSSR count). The zero-order chi connectivity index (χ0) is 21.4. The third-order valence-electron chi connectivity index (χ3n) is 6.20. The first kappa shape index (κ1) is 21.0. The molecule has 6 heteroatoms. The highest BCUT2D eigenvalue weighted by Crippen LogP contribution is 2.50. The molecule has 0 saturated heterocycles. The Morgan fingerprint density at radius 2 is 1.50 bits per heavy atom. The van der Waals surface area contributed by atoms with Crippen molar-refractivity contribution >= 4 is 23.2 Å². The Kier molecular flexibility index (Phi) is 5.92. The molecule has 1 aromatic rings. The van der Waals surface area contributed by atoms with Crippen LogP contribution in [0.1, 0.15) is 63.9 Å². The Bertz CT molecular complexity index is 918. The second kappa shape index (κ2) is 8.46. The average Bonchev–Trinajstić information content (AvgIpc) is 2.72. The molecule has 1 aliphatic heterocycles. The second-order valence-corrected chi connectivity index (χ2v) is 8.37. The predicted octanol–water partition coefficient (Wildman–Crippen LogP) is 5.18. The molecule has 1 heterocycles. The smallest absolute Gasteiger partial charge is 0.179 e. The van der Waals surface area contributed by atoms with Gasteiger partial charge in [0.1, 0.15) is 0 Å². The topological polar surface area (TPSA) is 55.8 Å². The van der Waals surface area contributed by atoms with Crippen LogP contribution < -0.4 is 9.47 Å². The summed E-state index contributed by atoms with van der Waals surface area (Å²) in [6.07, 6.45) is 4.43. The third kappa shape index (κ3) is 3.43. The van der Waals surface area contributed by atoms with E-state index in [2.05, 4.69) is 4.90 Å². The van der Waals surface area contributed by atoms with Gasteiger partial charge in [0, 0.05) is 48.3 Å². The number of allylic oxidation sites excluding steroid dienone is 4. The summed E-state index contributed by atoms with van der Waals surface area (Å²) < 4.78 is 11.5. The van der Waals surface area contributed by atoms with E-state index in [1.807, 2.05) is 33.0 Å². The summed E-state index contributed by atoms with van der Waals surface area (Å²) in [4.78, 5) is 28.3. The van der Waals surface area contributed by atoms with E-state index in [-0.39, 0.29) is 17.5 Å². The van der Waals surface area contributed by atoms with Crippen molar-refractivity contribution in [1.82, 2.24) is 4.90 Å². The number of carbonyl (C=O) groups is 2. The average molecular weight is 430 g/mol. The van der Waals surface area contributed by atoms with Crippen molar-refractivity contribution in [3.8, 4) is 11.5 Å². The molecule has 2 aliphatic carbocycles. The number of ether oxygens (including phenoxy) is 2. The number of hydrogen-bond donors (Lipinski definition) is 0. The van der Waals surface area contributed by atoms with Gasteiger partial charge in [0.25, 0.3) is 0 Å². The Morgan fingerprint density at radius 3 is 2.03 bits per heavy atom. The van der Waals surface area contributed by atoms with Gasteiger partial charge in [-0.1, -0.05) is 11.6 Å². The molecule has 0 spiro atoms. The first-order valence-corrected chi connectivity index (χ1v) is 11.2. The number of hydrogen-bond acceptors (Lipinski definition) is 5. The highest BCUT2D eigenvalue weighted by atomic mass is 35.5. The van der Waals surface area contributed by atoms with Gasteiger partial charge in [0.15, 0.2) is 23.1 Å². The molecule has 0 aromatic heterocycles. The molecule has 160 valence electrons. The second-order valence-electron chi connectivity index (χ2n) is 7.96. The van der Waals surface area contributed by atoms with Gasteiger partial charge in [-0.3, -0.25) is 9.59 Å². The lowest BCUT2D eigenvalue weighted by molar-refractivity contribution is -0.117. The fourth-order valence-electron chi connectivity index (χ4n) is 4.99. The minimum atomic E-state index is -0.390. The van der Waals surface area contributed by atoms with Gasteiger partial charge in [0.2, 0.25) is 0 Å². The molecule has 0 fully saturated rings. The summed E-state index contributed by atoms with van der Waals surface area (Å²) in [6, 6.07) is 3.74. The molecule has 0 unspecified atom stereocenters. The minimum absolute atomic E-state index is 0.126. The molecule has 5 nitrogen and oxygen atoms in total. The van der Waals surface area contributed by atoms with Gasteiger partial charge in [-0.05, 0) is 57.2 Å². The molecule has 0 amide bonds. The van der Waals surface area contributed by atoms with Crippen LogP contribution in [0.25, 0.3) is 0 Å². The lowest BCUT2D eigenvalue weighted by Crippen LogP contribution is -2.37. The lowest BCUT2D eigenvalue weighted by atomic mass is 9.71. The fraction of sp³-hybridized carbons (Fsp3) is 0.500. The van der Waals surface area contributed by atoms with Crippen molar-refractivity contribution in [1.29, 1.82) is 0 Å². The van der Waals surface area contributed by atoms with E-state index in [1.165, 1.54) is 0 Å². The van der Waals surface area contributed by atoms with Crippen molar-refractivity contribution in [2.75, 3.05) is 20.3 Å². The zero-order valence-electron chi connectivity index (χ0n) is 17.8. The van der Waals surface area contributed by atoms with Crippen LogP contribution in [-0.4, -0.2) is 36.7 Å². The van der Waals surface area contributed by atoms with Gasteiger partial charge in [-0.15, -0.1) is 0 Å². The van der Waals surface area contributed by atoms with E-state index in [1.54, 1.807) is 0 Å². The summed E-state index contributed by atoms with van der Waals surface area (Å²) in [5, 5.41) is 0.438. The quantitative estimate of drug-likeness (QED) is 0.645. The van der Waals surface area contributed by atoms with E-state index in [0.717, 1.165) is 53.8 Å². The van der Waals surface area contributed by atoms with Gasteiger partial charge in [0.05, 0.1) is 18.2 Å². The van der Waals surface area contributed by atoms with E-state index < -0.39 is 0 Å². The summed E-state index contributed by atoms with van der Waals surface area (Å²) in [6.45, 7) is 4.73. The van der Waals surface area contributed by atoms with Crippen LogP contribution in [0.3, 0.4) is 0 Å². The molecule has 3 aliphatic rings. The molecule has 1 aromatic carbocycles. The molecule has 0 saturated carbocycles. The number of halogens is 1. The lowest BCUT2D eigenvalue weighted by Gasteiger charge is -2.42. The summed E-state index contributed by atoms with van der Waals surface area (Å²) in [5.74, 6) is 0.920. The number of carbonyl (C=O) groups excluding carboxylic acids is 2. The largest absolute Gasteiger partial charge is 0.490 e. The molecular weight excluding hydrogens is 402 g/mol. The molecule has 0 atom stereocenters. The van der Waals surface area contributed by atoms with Crippen LogP contribution in [0.4, 0.5) is 0 Å². The summed E-state index contributed by atoms with van der Waals surface area (Å²) in [5.41, 5.74) is 4.42. The van der Waals surface area contributed by atoms with Gasteiger partial charge >= 0.3 is 0 Å². The van der Waals surface area contributed by atoms with E-state index in [9.17, 15) is 9.59 Å². The summed E-state index contributed by atoms with van der Waals surface area (Å²) >= 11 is 6.60. The highest BCUT2D eigenvalue weighted by molar-refractivity contribution is 6.32. The zero-order valence-corrected chi connectivity index (χ0v) is 18.6. The number of ketones is 2. The maximum Gasteiger partial charge on any atom is 0.179 e. The normalized spacial score (nSPS) is 19.8. The van der Waals surface area contributed by atoms with Crippen LogP contribution in [0.15, 0.2) is 34.7 Å². The fourth-order valence-corrected chi connectivity index (χ4v) is 5.26. The predicted molar refractivity (Wildman–Crippen MR) is 116 cm³/mol. The number of rotatable bonds is 5. The van der Waals surface area contributed by atoms with Crippen LogP contribution in [0.2, 0.25) is 5.02 Å². The maximum absolute atomic E-state index is 13.1. The molecule has 0 N–H and O–H groups in total. The monoisotopic (exact) mass is 429 g/mol. The van der Waals surface area contributed by atoms with Crippen molar-refractivity contribution < 1.29 is 19.1 Å². The van der Waals surface area contributed by atoms with Crippen molar-refractivity contribution in [3.63, 3.8) is 0 Å². The van der Waals surface area contributed by atoms with Gasteiger partial charge in [-0.25, -0.2) is 0 Å². The van der Waals surface area contributed by atoms with Gasteiger partial charge in [-0.2, -0.15) is 0 Å². The van der Waals surface area contributed by atoms with E-state index >= 15 is 0 Å². The Morgan fingerprint density at radius 1 is 0.933 bits per heavy atom. The first-order chi connectivity index (χ1) is 14.5. The number of Topliss-reactive ketones (excluding diaryl/α,β-unsaturated/α-hetero) is 2. The Labute approximate surface area is 182 Å².